The standard InChI is InChI=1S/C23H44O4S/c1-3-4-5-6-7-8-9-10-11-12-13-14-15-16-17-18-23(25)26-19-22(20-28)27-21(2)24/h22,28H,3-20H2,1-2H3. The molecule has 28 heavy (non-hydrogen) atoms. The van der Waals surface area contributed by atoms with Crippen molar-refractivity contribution in [1.82, 2.24) is 0 Å². The van der Waals surface area contributed by atoms with Crippen molar-refractivity contribution in [2.75, 3.05) is 12.4 Å². The van der Waals surface area contributed by atoms with Gasteiger partial charge in [0, 0.05) is 19.1 Å². The number of thiol groups is 1. The van der Waals surface area contributed by atoms with E-state index < -0.39 is 6.10 Å². The SMILES string of the molecule is CCCCCCCCCCCCCCCCCC(=O)OCC(CS)OC(C)=O. The Morgan fingerprint density at radius 3 is 1.57 bits per heavy atom. The average Bonchev–Trinajstić information content (AvgIpc) is 2.67. The Bertz CT molecular complexity index is 374. The summed E-state index contributed by atoms with van der Waals surface area (Å²) in [5, 5.41) is 0. The zero-order chi connectivity index (χ0) is 20.9. The predicted molar refractivity (Wildman–Crippen MR) is 120 cm³/mol. The summed E-state index contributed by atoms with van der Waals surface area (Å²) in [4.78, 5) is 22.6. The van der Waals surface area contributed by atoms with Crippen molar-refractivity contribution < 1.29 is 19.1 Å². The lowest BCUT2D eigenvalue weighted by atomic mass is 10.0. The minimum Gasteiger partial charge on any atom is -0.462 e. The van der Waals surface area contributed by atoms with Gasteiger partial charge in [-0.3, -0.25) is 9.59 Å². The van der Waals surface area contributed by atoms with Crippen molar-refractivity contribution in [3.8, 4) is 0 Å². The summed E-state index contributed by atoms with van der Waals surface area (Å²) in [6.45, 7) is 3.71. The van der Waals surface area contributed by atoms with Gasteiger partial charge in [0.15, 0.2) is 0 Å². The molecule has 0 amide bonds. The molecule has 5 heteroatoms. The van der Waals surface area contributed by atoms with Gasteiger partial charge in [-0.25, -0.2) is 0 Å². The summed E-state index contributed by atoms with van der Waals surface area (Å²) >= 11 is 4.09. The van der Waals surface area contributed by atoms with Crippen LogP contribution in [0.15, 0.2) is 0 Å². The molecule has 0 heterocycles. The van der Waals surface area contributed by atoms with Gasteiger partial charge in [0.25, 0.3) is 0 Å². The molecule has 0 aliphatic carbocycles. The van der Waals surface area contributed by atoms with Crippen LogP contribution in [0.1, 0.15) is 117 Å². The summed E-state index contributed by atoms with van der Waals surface area (Å²) < 4.78 is 10.1. The van der Waals surface area contributed by atoms with Crippen LogP contribution >= 0.6 is 12.6 Å². The molecule has 0 N–H and O–H groups in total. The van der Waals surface area contributed by atoms with Crippen LogP contribution in [0.5, 0.6) is 0 Å². The summed E-state index contributed by atoms with van der Waals surface area (Å²) in [6, 6.07) is 0. The fourth-order valence-electron chi connectivity index (χ4n) is 3.26. The molecule has 0 aliphatic rings. The van der Waals surface area contributed by atoms with E-state index in [1.54, 1.807) is 0 Å². The molecule has 0 saturated carbocycles. The van der Waals surface area contributed by atoms with E-state index in [9.17, 15) is 9.59 Å². The van der Waals surface area contributed by atoms with E-state index in [1.807, 2.05) is 0 Å². The van der Waals surface area contributed by atoms with Crippen molar-refractivity contribution in [2.24, 2.45) is 0 Å². The Hall–Kier alpha value is -0.710. The van der Waals surface area contributed by atoms with Gasteiger partial charge in [-0.05, 0) is 6.42 Å². The first-order valence-electron chi connectivity index (χ1n) is 11.5. The molecule has 0 aliphatic heterocycles. The first-order valence-corrected chi connectivity index (χ1v) is 12.2. The smallest absolute Gasteiger partial charge is 0.305 e. The van der Waals surface area contributed by atoms with Gasteiger partial charge in [0.1, 0.15) is 12.7 Å². The Morgan fingerprint density at radius 1 is 0.750 bits per heavy atom. The maximum Gasteiger partial charge on any atom is 0.305 e. The highest BCUT2D eigenvalue weighted by molar-refractivity contribution is 7.80. The van der Waals surface area contributed by atoms with E-state index in [4.69, 9.17) is 9.47 Å². The molecule has 0 aromatic rings. The van der Waals surface area contributed by atoms with Gasteiger partial charge in [-0.1, -0.05) is 96.8 Å². The van der Waals surface area contributed by atoms with Crippen LogP contribution in [0.3, 0.4) is 0 Å². The van der Waals surface area contributed by atoms with Crippen LogP contribution < -0.4 is 0 Å². The minimum atomic E-state index is -0.453. The van der Waals surface area contributed by atoms with Crippen molar-refractivity contribution in [2.45, 2.75) is 123 Å². The Balaban J connectivity index is 3.30. The van der Waals surface area contributed by atoms with Crippen molar-refractivity contribution >= 4 is 24.6 Å². The predicted octanol–water partition coefficient (Wildman–Crippen LogP) is 6.65. The normalized spacial score (nSPS) is 12.0. The number of carbonyl (C=O) groups is 2. The molecule has 1 atom stereocenters. The molecule has 0 bridgehead atoms. The minimum absolute atomic E-state index is 0.0979. The number of hydrogen-bond acceptors (Lipinski definition) is 5. The maximum absolute atomic E-state index is 11.7. The van der Waals surface area contributed by atoms with Crippen molar-refractivity contribution in [3.63, 3.8) is 0 Å². The lowest BCUT2D eigenvalue weighted by molar-refractivity contribution is -0.156. The third-order valence-corrected chi connectivity index (χ3v) is 5.36. The highest BCUT2D eigenvalue weighted by atomic mass is 32.1. The van der Waals surface area contributed by atoms with Crippen molar-refractivity contribution in [1.29, 1.82) is 0 Å². The number of rotatable bonds is 20. The van der Waals surface area contributed by atoms with Crippen LogP contribution in [0.25, 0.3) is 0 Å². The van der Waals surface area contributed by atoms with Crippen LogP contribution in [0.2, 0.25) is 0 Å². The highest BCUT2D eigenvalue weighted by Gasteiger charge is 2.13. The maximum atomic E-state index is 11.7. The van der Waals surface area contributed by atoms with Gasteiger partial charge >= 0.3 is 11.9 Å². The second-order valence-corrected chi connectivity index (χ2v) is 8.16. The molecule has 4 nitrogen and oxygen atoms in total. The number of unbranched alkanes of at least 4 members (excludes halogenated alkanes) is 14. The van der Waals surface area contributed by atoms with E-state index in [2.05, 4.69) is 19.6 Å². The van der Waals surface area contributed by atoms with E-state index in [1.165, 1.54) is 90.4 Å². The molecule has 0 aromatic carbocycles. The summed E-state index contributed by atoms with van der Waals surface area (Å²) in [5.41, 5.74) is 0. The second-order valence-electron chi connectivity index (χ2n) is 7.80. The van der Waals surface area contributed by atoms with Gasteiger partial charge in [-0.2, -0.15) is 12.6 Å². The Kier molecular flexibility index (Phi) is 20.5. The lowest BCUT2D eigenvalue weighted by Gasteiger charge is -2.14. The lowest BCUT2D eigenvalue weighted by Crippen LogP contribution is -2.25. The first-order chi connectivity index (χ1) is 13.6. The van der Waals surface area contributed by atoms with Gasteiger partial charge in [0.2, 0.25) is 0 Å². The van der Waals surface area contributed by atoms with Crippen LogP contribution in [-0.4, -0.2) is 30.4 Å². The van der Waals surface area contributed by atoms with Gasteiger partial charge < -0.3 is 9.47 Å². The molecule has 0 radical (unpaired) electrons. The van der Waals surface area contributed by atoms with E-state index in [-0.39, 0.29) is 18.5 Å². The highest BCUT2D eigenvalue weighted by Crippen LogP contribution is 2.13. The third-order valence-electron chi connectivity index (χ3n) is 4.95. The topological polar surface area (TPSA) is 52.6 Å². The summed E-state index contributed by atoms with van der Waals surface area (Å²) in [5.74, 6) is -0.239. The molecule has 0 saturated heterocycles. The van der Waals surface area contributed by atoms with E-state index in [0.717, 1.165) is 12.8 Å². The van der Waals surface area contributed by atoms with E-state index >= 15 is 0 Å². The van der Waals surface area contributed by atoms with Gasteiger partial charge in [0.05, 0.1) is 0 Å². The number of esters is 2. The fourth-order valence-corrected chi connectivity index (χ4v) is 3.44. The number of hydrogen-bond donors (Lipinski definition) is 1. The van der Waals surface area contributed by atoms with Crippen molar-refractivity contribution in [3.05, 3.63) is 0 Å². The Morgan fingerprint density at radius 2 is 1.18 bits per heavy atom. The van der Waals surface area contributed by atoms with E-state index in [0.29, 0.717) is 12.2 Å². The van der Waals surface area contributed by atoms with Crippen LogP contribution in [0.4, 0.5) is 0 Å². The zero-order valence-corrected chi connectivity index (χ0v) is 19.3. The van der Waals surface area contributed by atoms with Crippen LogP contribution in [-0.2, 0) is 19.1 Å². The Labute approximate surface area is 178 Å². The third kappa shape index (κ3) is 20.0. The number of ether oxygens (including phenoxy) is 2. The monoisotopic (exact) mass is 416 g/mol. The van der Waals surface area contributed by atoms with Crippen LogP contribution in [0, 0.1) is 0 Å². The molecular weight excluding hydrogens is 372 g/mol. The fraction of sp³-hybridized carbons (Fsp3) is 0.913. The molecule has 0 aromatic heterocycles. The molecule has 0 fully saturated rings. The van der Waals surface area contributed by atoms with Gasteiger partial charge in [-0.15, -0.1) is 0 Å². The second kappa shape index (κ2) is 21.0. The summed E-state index contributed by atoms with van der Waals surface area (Å²) in [6.07, 6.45) is 19.6. The quantitative estimate of drug-likeness (QED) is 0.137. The zero-order valence-electron chi connectivity index (χ0n) is 18.4. The summed E-state index contributed by atoms with van der Waals surface area (Å²) in [7, 11) is 0. The average molecular weight is 417 g/mol. The molecule has 1 unspecified atom stereocenters. The first kappa shape index (κ1) is 27.3. The molecule has 0 spiro atoms. The molecule has 0 rings (SSSR count). The molecular formula is C23H44O4S. The number of carbonyl (C=O) groups excluding carboxylic acids is 2. The molecule has 166 valence electrons. The largest absolute Gasteiger partial charge is 0.462 e.